The van der Waals surface area contributed by atoms with E-state index in [1.807, 2.05) is 44.4 Å². The zero-order chi connectivity index (χ0) is 14.3. The minimum atomic E-state index is -0.538. The maximum absolute atomic E-state index is 11.9. The Balaban J connectivity index is 2.63. The molecule has 0 aliphatic rings. The van der Waals surface area contributed by atoms with Gasteiger partial charge < -0.3 is 15.7 Å². The summed E-state index contributed by atoms with van der Waals surface area (Å²) in [4.78, 5) is 13.1. The van der Waals surface area contributed by atoms with Crippen LogP contribution < -0.4 is 10.6 Å². The first-order valence-electron chi connectivity index (χ1n) is 6.43. The van der Waals surface area contributed by atoms with Gasteiger partial charge in [-0.1, -0.05) is 13.8 Å². The summed E-state index contributed by atoms with van der Waals surface area (Å²) in [5, 5.41) is 15.0. The Kier molecular flexibility index (Phi) is 6.18. The molecular formula is C14H22N2O2S. The van der Waals surface area contributed by atoms with Crippen LogP contribution in [0.2, 0.25) is 0 Å². The summed E-state index contributed by atoms with van der Waals surface area (Å²) in [5.74, 6) is 0. The number of carbonyl (C=O) groups is 1. The Morgan fingerprint density at radius 3 is 2.26 bits per heavy atom. The van der Waals surface area contributed by atoms with E-state index in [1.54, 1.807) is 11.8 Å². The number of anilines is 1. The summed E-state index contributed by atoms with van der Waals surface area (Å²) < 4.78 is 0. The van der Waals surface area contributed by atoms with Crippen LogP contribution in [0.4, 0.5) is 10.5 Å². The lowest BCUT2D eigenvalue weighted by molar-refractivity contribution is 0.155. The molecule has 1 aromatic rings. The largest absolute Gasteiger partial charge is 0.394 e. The Hall–Kier alpha value is -1.20. The smallest absolute Gasteiger partial charge is 0.319 e. The van der Waals surface area contributed by atoms with Crippen LogP contribution in [-0.4, -0.2) is 29.5 Å². The molecule has 0 unspecified atom stereocenters. The van der Waals surface area contributed by atoms with Gasteiger partial charge in [0.2, 0.25) is 0 Å². The van der Waals surface area contributed by atoms with Gasteiger partial charge in [-0.05, 0) is 43.4 Å². The van der Waals surface area contributed by atoms with E-state index in [0.29, 0.717) is 12.8 Å². The number of amides is 2. The van der Waals surface area contributed by atoms with Crippen LogP contribution in [-0.2, 0) is 0 Å². The molecule has 0 saturated carbocycles. The topological polar surface area (TPSA) is 61.4 Å². The number of hydrogen-bond acceptors (Lipinski definition) is 3. The van der Waals surface area contributed by atoms with Gasteiger partial charge in [0.15, 0.2) is 0 Å². The Labute approximate surface area is 119 Å². The summed E-state index contributed by atoms with van der Waals surface area (Å²) in [7, 11) is 0. The SMILES string of the molecule is CCC(CC)(CO)NC(=O)Nc1ccc(SC)cc1. The molecule has 0 aliphatic carbocycles. The minimum absolute atomic E-state index is 0.0567. The molecule has 0 atom stereocenters. The Morgan fingerprint density at radius 1 is 1.26 bits per heavy atom. The number of nitrogens with one attached hydrogen (secondary N) is 2. The summed E-state index contributed by atoms with van der Waals surface area (Å²) >= 11 is 1.66. The third-order valence-corrected chi connectivity index (χ3v) is 4.13. The molecule has 5 heteroatoms. The predicted octanol–water partition coefficient (Wildman–Crippen LogP) is 3.08. The molecule has 0 spiro atoms. The van der Waals surface area contributed by atoms with Gasteiger partial charge in [-0.15, -0.1) is 11.8 Å². The second-order valence-corrected chi connectivity index (χ2v) is 5.33. The lowest BCUT2D eigenvalue weighted by Crippen LogP contribution is -2.51. The van der Waals surface area contributed by atoms with Crippen molar-refractivity contribution in [3.05, 3.63) is 24.3 Å². The van der Waals surface area contributed by atoms with Gasteiger partial charge in [0.25, 0.3) is 0 Å². The van der Waals surface area contributed by atoms with Crippen molar-refractivity contribution in [3.63, 3.8) is 0 Å². The number of benzene rings is 1. The van der Waals surface area contributed by atoms with Crippen LogP contribution in [0.25, 0.3) is 0 Å². The van der Waals surface area contributed by atoms with E-state index in [1.165, 1.54) is 0 Å². The van der Waals surface area contributed by atoms with Crippen LogP contribution in [0.3, 0.4) is 0 Å². The van der Waals surface area contributed by atoms with E-state index in [2.05, 4.69) is 10.6 Å². The fourth-order valence-electron chi connectivity index (χ4n) is 1.77. The standard InChI is InChI=1S/C14H22N2O2S/c1-4-14(5-2,10-17)16-13(18)15-11-6-8-12(19-3)9-7-11/h6-9,17H,4-5,10H2,1-3H3,(H2,15,16,18). The third kappa shape index (κ3) is 4.44. The van der Waals surface area contributed by atoms with Crippen molar-refractivity contribution in [1.82, 2.24) is 5.32 Å². The first-order chi connectivity index (χ1) is 9.09. The molecule has 1 rings (SSSR count). The van der Waals surface area contributed by atoms with E-state index in [4.69, 9.17) is 0 Å². The van der Waals surface area contributed by atoms with Gasteiger partial charge >= 0.3 is 6.03 Å². The number of aliphatic hydroxyl groups is 1. The molecule has 0 bridgehead atoms. The average Bonchev–Trinajstić information content (AvgIpc) is 2.46. The van der Waals surface area contributed by atoms with E-state index in [-0.39, 0.29) is 12.6 Å². The highest BCUT2D eigenvalue weighted by molar-refractivity contribution is 7.98. The maximum atomic E-state index is 11.9. The Bertz CT molecular complexity index is 394. The van der Waals surface area contributed by atoms with Gasteiger partial charge in [-0.25, -0.2) is 4.79 Å². The predicted molar refractivity (Wildman–Crippen MR) is 80.8 cm³/mol. The van der Waals surface area contributed by atoms with Crippen molar-refractivity contribution >= 4 is 23.5 Å². The second-order valence-electron chi connectivity index (χ2n) is 4.45. The summed E-state index contributed by atoms with van der Waals surface area (Å²) in [6, 6.07) is 7.36. The van der Waals surface area contributed by atoms with E-state index in [9.17, 15) is 9.90 Å². The van der Waals surface area contributed by atoms with Crippen LogP contribution in [0.1, 0.15) is 26.7 Å². The first kappa shape index (κ1) is 15.9. The number of rotatable bonds is 6. The number of hydrogen-bond donors (Lipinski definition) is 3. The number of urea groups is 1. The zero-order valence-electron chi connectivity index (χ0n) is 11.7. The van der Waals surface area contributed by atoms with Crippen molar-refractivity contribution in [3.8, 4) is 0 Å². The van der Waals surface area contributed by atoms with Crippen LogP contribution in [0, 0.1) is 0 Å². The van der Waals surface area contributed by atoms with Crippen LogP contribution >= 0.6 is 11.8 Å². The quantitative estimate of drug-likeness (QED) is 0.703. The fourth-order valence-corrected chi connectivity index (χ4v) is 2.18. The van der Waals surface area contributed by atoms with Gasteiger partial charge in [0.05, 0.1) is 12.1 Å². The van der Waals surface area contributed by atoms with Crippen molar-refractivity contribution in [1.29, 1.82) is 0 Å². The molecule has 19 heavy (non-hydrogen) atoms. The molecule has 0 aliphatic heterocycles. The van der Waals surface area contributed by atoms with Gasteiger partial charge in [-0.2, -0.15) is 0 Å². The second kappa shape index (κ2) is 7.40. The van der Waals surface area contributed by atoms with Gasteiger partial charge in [0.1, 0.15) is 0 Å². The van der Waals surface area contributed by atoms with Gasteiger partial charge in [-0.3, -0.25) is 0 Å². The molecule has 0 fully saturated rings. The number of thioether (sulfide) groups is 1. The molecule has 4 nitrogen and oxygen atoms in total. The lowest BCUT2D eigenvalue weighted by atomic mass is 9.94. The summed E-state index contributed by atoms with van der Waals surface area (Å²) in [6.07, 6.45) is 3.39. The molecule has 0 saturated heterocycles. The number of carbonyl (C=O) groups excluding carboxylic acids is 1. The molecule has 106 valence electrons. The molecule has 0 aromatic heterocycles. The maximum Gasteiger partial charge on any atom is 0.319 e. The third-order valence-electron chi connectivity index (χ3n) is 3.38. The van der Waals surface area contributed by atoms with Crippen molar-refractivity contribution in [2.75, 3.05) is 18.2 Å². The molecule has 1 aromatic carbocycles. The van der Waals surface area contributed by atoms with Crippen molar-refractivity contribution < 1.29 is 9.90 Å². The minimum Gasteiger partial charge on any atom is -0.394 e. The summed E-state index contributed by atoms with van der Waals surface area (Å²) in [6.45, 7) is 3.85. The highest BCUT2D eigenvalue weighted by Gasteiger charge is 2.27. The molecule has 0 heterocycles. The van der Waals surface area contributed by atoms with E-state index >= 15 is 0 Å². The van der Waals surface area contributed by atoms with E-state index in [0.717, 1.165) is 10.6 Å². The van der Waals surface area contributed by atoms with Crippen LogP contribution in [0.5, 0.6) is 0 Å². The molecule has 2 amide bonds. The molecular weight excluding hydrogens is 260 g/mol. The lowest BCUT2D eigenvalue weighted by Gasteiger charge is -2.30. The van der Waals surface area contributed by atoms with E-state index < -0.39 is 5.54 Å². The molecule has 0 radical (unpaired) electrons. The highest BCUT2D eigenvalue weighted by Crippen LogP contribution is 2.18. The normalized spacial score (nSPS) is 11.2. The van der Waals surface area contributed by atoms with Crippen molar-refractivity contribution in [2.24, 2.45) is 0 Å². The zero-order valence-corrected chi connectivity index (χ0v) is 12.5. The van der Waals surface area contributed by atoms with Crippen LogP contribution in [0.15, 0.2) is 29.2 Å². The first-order valence-corrected chi connectivity index (χ1v) is 7.65. The Morgan fingerprint density at radius 2 is 1.84 bits per heavy atom. The highest BCUT2D eigenvalue weighted by atomic mass is 32.2. The molecule has 3 N–H and O–H groups in total. The average molecular weight is 282 g/mol. The summed E-state index contributed by atoms with van der Waals surface area (Å²) in [5.41, 5.74) is 0.206. The monoisotopic (exact) mass is 282 g/mol. The van der Waals surface area contributed by atoms with Gasteiger partial charge in [0, 0.05) is 10.6 Å². The van der Waals surface area contributed by atoms with Crippen molar-refractivity contribution in [2.45, 2.75) is 37.1 Å². The fraction of sp³-hybridized carbons (Fsp3) is 0.500. The number of aliphatic hydroxyl groups excluding tert-OH is 1.